The SMILES string of the molecule is CC[Se]C1=C(SCCOS(=O)(=O)c2ccc(C)cc2)[Se]/C(=C2\SC([Se]CC)=C(SCCOS(=O)(=O)c3ccc(C)cc3)[Se]2)S1. The molecule has 0 aliphatic carbocycles. The maximum absolute atomic E-state index is 12.6. The van der Waals surface area contributed by atoms with Crippen LogP contribution in [0, 0.1) is 13.8 Å². The van der Waals surface area contributed by atoms with Gasteiger partial charge < -0.3 is 0 Å². The minimum absolute atomic E-state index is 0.148. The Morgan fingerprint density at radius 3 is 1.36 bits per heavy atom. The molecule has 0 spiro atoms. The molecule has 0 radical (unpaired) electrons. The molecule has 0 aromatic heterocycles. The second kappa shape index (κ2) is 18.1. The predicted molar refractivity (Wildman–Crippen MR) is 194 cm³/mol. The summed E-state index contributed by atoms with van der Waals surface area (Å²) >= 11 is 8.66. The third-order valence-corrected chi connectivity index (χ3v) is 28.5. The molecule has 0 N–H and O–H groups in total. The molecule has 6 nitrogen and oxygen atoms in total. The molecular weight excluding hydrogens is 941 g/mol. The van der Waals surface area contributed by atoms with Crippen molar-refractivity contribution in [3.8, 4) is 0 Å². The maximum atomic E-state index is 12.6. The molecule has 44 heavy (non-hydrogen) atoms. The van der Waals surface area contributed by atoms with Crippen molar-refractivity contribution in [2.75, 3.05) is 24.7 Å². The van der Waals surface area contributed by atoms with Gasteiger partial charge in [0, 0.05) is 0 Å². The first-order valence-electron chi connectivity index (χ1n) is 13.4. The average Bonchev–Trinajstić information content (AvgIpc) is 3.58. The van der Waals surface area contributed by atoms with Crippen molar-refractivity contribution in [1.29, 1.82) is 0 Å². The van der Waals surface area contributed by atoms with Crippen molar-refractivity contribution in [3.63, 3.8) is 0 Å². The Bertz CT molecular complexity index is 1500. The van der Waals surface area contributed by atoms with E-state index in [0.717, 1.165) is 21.8 Å². The van der Waals surface area contributed by atoms with E-state index in [1.54, 1.807) is 72.1 Å². The fourth-order valence-corrected chi connectivity index (χ4v) is 27.9. The Morgan fingerprint density at radius 2 is 1.02 bits per heavy atom. The number of aryl methyl sites for hydroxylation is 2. The van der Waals surface area contributed by atoms with Gasteiger partial charge in [0.05, 0.1) is 0 Å². The quantitative estimate of drug-likeness (QED) is 0.106. The normalized spacial score (nSPS) is 17.7. The Labute approximate surface area is 304 Å². The fourth-order valence-electron chi connectivity index (χ4n) is 3.43. The molecule has 240 valence electrons. The summed E-state index contributed by atoms with van der Waals surface area (Å²) in [5.41, 5.74) is 2.01. The van der Waals surface area contributed by atoms with Crippen molar-refractivity contribution in [2.45, 2.75) is 48.1 Å². The van der Waals surface area contributed by atoms with Gasteiger partial charge in [-0.15, -0.1) is 0 Å². The van der Waals surface area contributed by atoms with Crippen LogP contribution in [-0.2, 0) is 28.6 Å². The van der Waals surface area contributed by atoms with E-state index in [1.165, 1.54) is 22.8 Å². The second-order valence-electron chi connectivity index (χ2n) is 8.87. The molecule has 2 aromatic rings. The zero-order valence-electron chi connectivity index (χ0n) is 24.4. The Balaban J connectivity index is 1.31. The van der Waals surface area contributed by atoms with Crippen molar-refractivity contribution in [2.24, 2.45) is 0 Å². The third-order valence-electron chi connectivity index (χ3n) is 5.52. The van der Waals surface area contributed by atoms with Crippen molar-refractivity contribution >= 4 is 127 Å². The average molecular weight is 973 g/mol. The molecule has 0 amide bonds. The first kappa shape index (κ1) is 37.8. The van der Waals surface area contributed by atoms with Crippen LogP contribution in [0.3, 0.4) is 0 Å². The zero-order chi connectivity index (χ0) is 31.7. The van der Waals surface area contributed by atoms with Crippen LogP contribution in [0.15, 0.2) is 81.1 Å². The van der Waals surface area contributed by atoms with E-state index in [9.17, 15) is 16.8 Å². The monoisotopic (exact) mass is 976 g/mol. The summed E-state index contributed by atoms with van der Waals surface area (Å²) < 4.78 is 69.8. The van der Waals surface area contributed by atoms with E-state index < -0.39 is 20.2 Å². The van der Waals surface area contributed by atoms with Gasteiger partial charge in [0.2, 0.25) is 0 Å². The second-order valence-corrected chi connectivity index (χ2v) is 29.5. The van der Waals surface area contributed by atoms with Crippen LogP contribution in [0.5, 0.6) is 0 Å². The van der Waals surface area contributed by atoms with E-state index in [0.29, 0.717) is 41.4 Å². The Kier molecular flexibility index (Phi) is 15.5. The molecule has 0 atom stereocenters. The van der Waals surface area contributed by atoms with Gasteiger partial charge in [-0.1, -0.05) is 0 Å². The van der Waals surface area contributed by atoms with Gasteiger partial charge in [-0.05, 0) is 0 Å². The van der Waals surface area contributed by atoms with Crippen LogP contribution in [0.1, 0.15) is 25.0 Å². The number of rotatable bonds is 16. The molecule has 2 aliphatic heterocycles. The molecule has 16 heteroatoms. The van der Waals surface area contributed by atoms with Crippen LogP contribution in [0.2, 0.25) is 10.6 Å². The fraction of sp³-hybridized carbons (Fsp3) is 0.357. The first-order chi connectivity index (χ1) is 21.0. The van der Waals surface area contributed by atoms with Gasteiger partial charge in [-0.2, -0.15) is 0 Å². The topological polar surface area (TPSA) is 86.7 Å². The van der Waals surface area contributed by atoms with Crippen LogP contribution in [0.25, 0.3) is 0 Å². The molecule has 0 fully saturated rings. The van der Waals surface area contributed by atoms with Crippen LogP contribution in [0.4, 0.5) is 0 Å². The van der Waals surface area contributed by atoms with Gasteiger partial charge in [-0.3, -0.25) is 0 Å². The van der Waals surface area contributed by atoms with E-state index in [-0.39, 0.29) is 52.9 Å². The van der Waals surface area contributed by atoms with Crippen molar-refractivity contribution in [1.82, 2.24) is 0 Å². The molecule has 2 aromatic carbocycles. The van der Waals surface area contributed by atoms with Gasteiger partial charge in [0.1, 0.15) is 0 Å². The van der Waals surface area contributed by atoms with Gasteiger partial charge in [-0.25, -0.2) is 0 Å². The van der Waals surface area contributed by atoms with Crippen molar-refractivity contribution < 1.29 is 25.2 Å². The zero-order valence-corrected chi connectivity index (χ0v) is 36.1. The summed E-state index contributed by atoms with van der Waals surface area (Å²) in [4.78, 5) is 0.390. The molecule has 0 bridgehead atoms. The molecule has 4 rings (SSSR count). The summed E-state index contributed by atoms with van der Waals surface area (Å²) in [5.74, 6) is 1.20. The van der Waals surface area contributed by atoms with E-state index in [2.05, 4.69) is 13.8 Å². The molecule has 0 saturated carbocycles. The van der Waals surface area contributed by atoms with Crippen molar-refractivity contribution in [3.05, 3.63) is 82.5 Å². The van der Waals surface area contributed by atoms with Gasteiger partial charge in [0.15, 0.2) is 0 Å². The van der Waals surface area contributed by atoms with Crippen LogP contribution >= 0.6 is 47.0 Å². The number of hydrogen-bond acceptors (Lipinski definition) is 10. The molecule has 2 aliphatic rings. The number of benzene rings is 2. The van der Waals surface area contributed by atoms with E-state index >= 15 is 0 Å². The van der Waals surface area contributed by atoms with Gasteiger partial charge >= 0.3 is 308 Å². The first-order valence-corrected chi connectivity index (χ1v) is 27.4. The van der Waals surface area contributed by atoms with Crippen LogP contribution in [-0.4, -0.2) is 101 Å². The molecule has 2 heterocycles. The third kappa shape index (κ3) is 11.0. The molecule has 0 unspecified atom stereocenters. The predicted octanol–water partition coefficient (Wildman–Crippen LogP) is 6.45. The number of hydrogen-bond donors (Lipinski definition) is 0. The summed E-state index contributed by atoms with van der Waals surface area (Å²) in [5, 5.41) is 2.26. The summed E-state index contributed by atoms with van der Waals surface area (Å²) in [6.07, 6.45) is 0. The Morgan fingerprint density at radius 1 is 0.659 bits per heavy atom. The number of thioether (sulfide) groups is 4. The van der Waals surface area contributed by atoms with Crippen LogP contribution < -0.4 is 0 Å². The molecular formula is C28H32O6S6Se4. The molecule has 0 saturated heterocycles. The summed E-state index contributed by atoms with van der Waals surface area (Å²) in [6.45, 7) is 8.58. The van der Waals surface area contributed by atoms with E-state index in [4.69, 9.17) is 8.37 Å². The van der Waals surface area contributed by atoms with E-state index in [1.807, 2.05) is 37.4 Å². The summed E-state index contributed by atoms with van der Waals surface area (Å²) in [7, 11) is -7.51. The Hall–Kier alpha value is 0.958. The minimum atomic E-state index is -3.76. The summed E-state index contributed by atoms with van der Waals surface area (Å²) in [6, 6.07) is 13.5. The van der Waals surface area contributed by atoms with Gasteiger partial charge in [0.25, 0.3) is 0 Å². The standard InChI is InChI=1S/C28H32O6S6Se4/c1-5-41-25-23(35-17-15-33-39(29,30)21-11-7-19(3)8-12-21)43-27(37-25)28-38-26(42-6-2)24(44-28)36-18-16-34-40(31,32)22-13-9-20(4)10-14-22/h7-14H,5-6,15-18H2,1-4H3/b28-27+.